The van der Waals surface area contributed by atoms with Crippen molar-refractivity contribution < 1.29 is 4.79 Å². The zero-order chi connectivity index (χ0) is 15.6. The third-order valence-corrected chi connectivity index (χ3v) is 3.17. The lowest BCUT2D eigenvalue weighted by molar-refractivity contribution is -0.128. The van der Waals surface area contributed by atoms with Gasteiger partial charge in [-0.1, -0.05) is 26.8 Å². The van der Waals surface area contributed by atoms with Crippen molar-refractivity contribution in [3.05, 3.63) is 41.3 Å². The van der Waals surface area contributed by atoms with Crippen molar-refractivity contribution in [1.82, 2.24) is 20.1 Å². The Labute approximate surface area is 125 Å². The normalized spacial score (nSPS) is 11.5. The van der Waals surface area contributed by atoms with Gasteiger partial charge in [-0.15, -0.1) is 0 Å². The Morgan fingerprint density at radius 3 is 2.48 bits per heavy atom. The maximum Gasteiger partial charge on any atom is 0.225 e. The summed E-state index contributed by atoms with van der Waals surface area (Å²) in [5, 5.41) is 7.31. The molecule has 1 amide bonds. The van der Waals surface area contributed by atoms with Crippen LogP contribution in [0.25, 0.3) is 5.82 Å². The zero-order valence-corrected chi connectivity index (χ0v) is 13.3. The lowest BCUT2D eigenvalue weighted by Crippen LogP contribution is -2.34. The molecule has 0 aliphatic heterocycles. The maximum atomic E-state index is 11.8. The van der Waals surface area contributed by atoms with E-state index in [1.807, 2.05) is 57.5 Å². The van der Waals surface area contributed by atoms with Crippen LogP contribution >= 0.6 is 0 Å². The summed E-state index contributed by atoms with van der Waals surface area (Å²) in [7, 11) is 0. The molecule has 0 aliphatic carbocycles. The van der Waals surface area contributed by atoms with Crippen LogP contribution < -0.4 is 5.32 Å². The molecular weight excluding hydrogens is 264 g/mol. The van der Waals surface area contributed by atoms with E-state index < -0.39 is 0 Å². The number of carbonyl (C=O) groups excluding carboxylic acids is 1. The minimum absolute atomic E-state index is 0.0325. The van der Waals surface area contributed by atoms with Crippen LogP contribution in [0.1, 0.15) is 37.7 Å². The molecule has 5 heteroatoms. The number of aromatic nitrogens is 3. The summed E-state index contributed by atoms with van der Waals surface area (Å²) >= 11 is 0. The number of hydrogen-bond acceptors (Lipinski definition) is 3. The molecule has 0 saturated carbocycles. The van der Waals surface area contributed by atoms with Crippen LogP contribution in [0.15, 0.2) is 24.4 Å². The van der Waals surface area contributed by atoms with Gasteiger partial charge in [-0.2, -0.15) is 5.10 Å². The lowest BCUT2D eigenvalue weighted by atomic mass is 9.96. The molecular formula is C16H22N4O. The number of aryl methyl sites for hydroxylation is 2. The van der Waals surface area contributed by atoms with Gasteiger partial charge in [-0.25, -0.2) is 9.67 Å². The molecule has 0 aromatic carbocycles. The van der Waals surface area contributed by atoms with Gasteiger partial charge < -0.3 is 5.32 Å². The number of amides is 1. The van der Waals surface area contributed by atoms with Crippen LogP contribution in [0.2, 0.25) is 0 Å². The predicted molar refractivity (Wildman–Crippen MR) is 82.1 cm³/mol. The van der Waals surface area contributed by atoms with Crippen molar-refractivity contribution in [2.45, 2.75) is 41.2 Å². The second-order valence-electron chi connectivity index (χ2n) is 6.30. The van der Waals surface area contributed by atoms with E-state index in [4.69, 9.17) is 0 Å². The molecule has 2 heterocycles. The monoisotopic (exact) mass is 286 g/mol. The largest absolute Gasteiger partial charge is 0.352 e. The van der Waals surface area contributed by atoms with E-state index in [9.17, 15) is 4.79 Å². The molecule has 2 rings (SSSR count). The molecule has 5 nitrogen and oxygen atoms in total. The van der Waals surface area contributed by atoms with Crippen LogP contribution in [0, 0.1) is 19.3 Å². The fourth-order valence-corrected chi connectivity index (χ4v) is 1.95. The second kappa shape index (κ2) is 5.68. The highest BCUT2D eigenvalue weighted by atomic mass is 16.2. The lowest BCUT2D eigenvalue weighted by Gasteiger charge is -2.17. The fraction of sp³-hybridized carbons (Fsp3) is 0.438. The Balaban J connectivity index is 2.06. The first-order valence-corrected chi connectivity index (χ1v) is 7.04. The highest BCUT2D eigenvalue weighted by Crippen LogP contribution is 2.13. The first kappa shape index (κ1) is 15.2. The Morgan fingerprint density at radius 1 is 1.29 bits per heavy atom. The summed E-state index contributed by atoms with van der Waals surface area (Å²) in [6, 6.07) is 5.89. The first-order chi connectivity index (χ1) is 9.77. The topological polar surface area (TPSA) is 59.8 Å². The van der Waals surface area contributed by atoms with Crippen molar-refractivity contribution in [2.24, 2.45) is 5.41 Å². The van der Waals surface area contributed by atoms with Gasteiger partial charge in [0.15, 0.2) is 5.82 Å². The maximum absolute atomic E-state index is 11.8. The zero-order valence-electron chi connectivity index (χ0n) is 13.3. The predicted octanol–water partition coefficient (Wildman–Crippen LogP) is 2.55. The molecule has 0 aliphatic rings. The first-order valence-electron chi connectivity index (χ1n) is 7.04. The molecule has 0 fully saturated rings. The van der Waals surface area contributed by atoms with Crippen LogP contribution in [0.3, 0.4) is 0 Å². The highest BCUT2D eigenvalue weighted by Gasteiger charge is 2.20. The standard InChI is InChI=1S/C16H22N4O/c1-11-8-12(2)20(19-11)14-7-6-13(9-17-14)10-18-15(21)16(3,4)5/h6-9H,10H2,1-5H3,(H,18,21). The third-order valence-electron chi connectivity index (χ3n) is 3.17. The molecule has 1 N–H and O–H groups in total. The van der Waals surface area contributed by atoms with E-state index in [2.05, 4.69) is 15.4 Å². The number of nitrogens with zero attached hydrogens (tertiary/aromatic N) is 3. The minimum Gasteiger partial charge on any atom is -0.352 e. The van der Waals surface area contributed by atoms with Crippen LogP contribution in [-0.4, -0.2) is 20.7 Å². The number of pyridine rings is 1. The third kappa shape index (κ3) is 3.68. The smallest absolute Gasteiger partial charge is 0.225 e. The molecule has 0 radical (unpaired) electrons. The van der Waals surface area contributed by atoms with E-state index in [-0.39, 0.29) is 11.3 Å². The van der Waals surface area contributed by atoms with Gasteiger partial charge in [0.25, 0.3) is 0 Å². The quantitative estimate of drug-likeness (QED) is 0.943. The molecule has 0 bridgehead atoms. The van der Waals surface area contributed by atoms with Gasteiger partial charge in [-0.3, -0.25) is 4.79 Å². The average Bonchev–Trinajstić information content (AvgIpc) is 2.74. The van der Waals surface area contributed by atoms with E-state index in [0.717, 1.165) is 22.8 Å². The summed E-state index contributed by atoms with van der Waals surface area (Å²) in [5.74, 6) is 0.816. The Morgan fingerprint density at radius 2 is 2.00 bits per heavy atom. The van der Waals surface area contributed by atoms with Gasteiger partial charge in [0.05, 0.1) is 5.69 Å². The summed E-state index contributed by atoms with van der Waals surface area (Å²) in [4.78, 5) is 16.2. The summed E-state index contributed by atoms with van der Waals surface area (Å²) < 4.78 is 1.81. The Kier molecular flexibility index (Phi) is 4.11. The van der Waals surface area contributed by atoms with Crippen molar-refractivity contribution in [3.8, 4) is 5.82 Å². The molecule has 2 aromatic rings. The van der Waals surface area contributed by atoms with E-state index in [0.29, 0.717) is 6.54 Å². The van der Waals surface area contributed by atoms with E-state index in [1.165, 1.54) is 0 Å². The van der Waals surface area contributed by atoms with Gasteiger partial charge in [-0.05, 0) is 31.5 Å². The molecule has 0 spiro atoms. The number of hydrogen-bond donors (Lipinski definition) is 1. The average molecular weight is 286 g/mol. The van der Waals surface area contributed by atoms with Crippen LogP contribution in [0.5, 0.6) is 0 Å². The second-order valence-corrected chi connectivity index (χ2v) is 6.30. The van der Waals surface area contributed by atoms with Crippen LogP contribution in [-0.2, 0) is 11.3 Å². The van der Waals surface area contributed by atoms with Crippen molar-refractivity contribution in [2.75, 3.05) is 0 Å². The van der Waals surface area contributed by atoms with Gasteiger partial charge in [0.2, 0.25) is 5.91 Å². The molecule has 112 valence electrons. The van der Waals surface area contributed by atoms with E-state index >= 15 is 0 Å². The molecule has 0 atom stereocenters. The SMILES string of the molecule is Cc1cc(C)n(-c2ccc(CNC(=O)C(C)(C)C)cn2)n1. The van der Waals surface area contributed by atoms with E-state index in [1.54, 1.807) is 6.20 Å². The Bertz CT molecular complexity index is 635. The summed E-state index contributed by atoms with van der Waals surface area (Å²) in [5.41, 5.74) is 2.61. The van der Waals surface area contributed by atoms with Gasteiger partial charge in [0, 0.05) is 23.9 Å². The van der Waals surface area contributed by atoms with Gasteiger partial charge in [0.1, 0.15) is 0 Å². The number of carbonyl (C=O) groups is 1. The number of rotatable bonds is 3. The summed E-state index contributed by atoms with van der Waals surface area (Å²) in [6.07, 6.45) is 1.77. The highest BCUT2D eigenvalue weighted by molar-refractivity contribution is 5.81. The molecule has 0 unspecified atom stereocenters. The Hall–Kier alpha value is -2.17. The number of nitrogens with one attached hydrogen (secondary N) is 1. The molecule has 0 saturated heterocycles. The van der Waals surface area contributed by atoms with Crippen molar-refractivity contribution >= 4 is 5.91 Å². The van der Waals surface area contributed by atoms with Crippen molar-refractivity contribution in [1.29, 1.82) is 0 Å². The van der Waals surface area contributed by atoms with Gasteiger partial charge >= 0.3 is 0 Å². The van der Waals surface area contributed by atoms with Crippen molar-refractivity contribution in [3.63, 3.8) is 0 Å². The minimum atomic E-state index is -0.378. The summed E-state index contributed by atoms with van der Waals surface area (Å²) in [6.45, 7) is 10.1. The van der Waals surface area contributed by atoms with Crippen LogP contribution in [0.4, 0.5) is 0 Å². The fourth-order valence-electron chi connectivity index (χ4n) is 1.95. The molecule has 21 heavy (non-hydrogen) atoms. The molecule has 2 aromatic heterocycles.